The molecule has 0 spiro atoms. The van der Waals surface area contributed by atoms with Gasteiger partial charge in [0.15, 0.2) is 0 Å². The SMILES string of the molecule is C[C@H](N)[C@@H]1CCCN(C(=O)[C@@H]2C[C@H]2c2ccc(Cl)c(Cl)c2)C1. The van der Waals surface area contributed by atoms with E-state index in [1.165, 1.54) is 0 Å². The van der Waals surface area contributed by atoms with Crippen LogP contribution in [0.3, 0.4) is 0 Å². The second-order valence-corrected chi connectivity index (χ2v) is 7.48. The van der Waals surface area contributed by atoms with Gasteiger partial charge in [-0.25, -0.2) is 0 Å². The lowest BCUT2D eigenvalue weighted by molar-refractivity contribution is -0.134. The summed E-state index contributed by atoms with van der Waals surface area (Å²) in [6, 6.07) is 5.84. The molecule has 2 aliphatic rings. The Morgan fingerprint density at radius 1 is 1.36 bits per heavy atom. The highest BCUT2D eigenvalue weighted by molar-refractivity contribution is 6.42. The molecule has 0 radical (unpaired) electrons. The van der Waals surface area contributed by atoms with Crippen LogP contribution in [0.1, 0.15) is 37.7 Å². The summed E-state index contributed by atoms with van der Waals surface area (Å²) >= 11 is 12.0. The molecule has 3 nitrogen and oxygen atoms in total. The van der Waals surface area contributed by atoms with Crippen molar-refractivity contribution in [1.29, 1.82) is 0 Å². The molecule has 1 amide bonds. The fourth-order valence-electron chi connectivity index (χ4n) is 3.45. The average molecular weight is 341 g/mol. The first-order valence-electron chi connectivity index (χ1n) is 7.96. The standard InChI is InChI=1S/C17H22Cl2N2O/c1-10(20)12-3-2-6-21(9-12)17(22)14-8-13(14)11-4-5-15(18)16(19)7-11/h4-5,7,10,12-14H,2-3,6,8-9,20H2,1H3/t10-,12+,13-,14+/m0/s1. The van der Waals surface area contributed by atoms with E-state index in [9.17, 15) is 4.79 Å². The largest absolute Gasteiger partial charge is 0.342 e. The van der Waals surface area contributed by atoms with Gasteiger partial charge in [0, 0.05) is 25.0 Å². The number of carbonyl (C=O) groups excluding carboxylic acids is 1. The van der Waals surface area contributed by atoms with Gasteiger partial charge >= 0.3 is 0 Å². The molecule has 0 aromatic heterocycles. The van der Waals surface area contributed by atoms with E-state index in [-0.39, 0.29) is 23.8 Å². The number of hydrogen-bond acceptors (Lipinski definition) is 2. The van der Waals surface area contributed by atoms with E-state index >= 15 is 0 Å². The van der Waals surface area contributed by atoms with Crippen LogP contribution in [-0.2, 0) is 4.79 Å². The van der Waals surface area contributed by atoms with Crippen molar-refractivity contribution >= 4 is 29.1 Å². The second kappa shape index (κ2) is 6.38. The van der Waals surface area contributed by atoms with Crippen molar-refractivity contribution in [2.45, 2.75) is 38.1 Å². The van der Waals surface area contributed by atoms with Gasteiger partial charge in [-0.05, 0) is 55.7 Å². The number of hydrogen-bond donors (Lipinski definition) is 1. The van der Waals surface area contributed by atoms with E-state index in [1.54, 1.807) is 0 Å². The number of halogens is 2. The topological polar surface area (TPSA) is 46.3 Å². The third-order valence-electron chi connectivity index (χ3n) is 4.99. The van der Waals surface area contributed by atoms with Gasteiger partial charge in [0.2, 0.25) is 5.91 Å². The van der Waals surface area contributed by atoms with E-state index in [0.29, 0.717) is 16.0 Å². The number of likely N-dealkylation sites (tertiary alicyclic amines) is 1. The highest BCUT2D eigenvalue weighted by atomic mass is 35.5. The maximum atomic E-state index is 12.7. The first kappa shape index (κ1) is 16.1. The predicted molar refractivity (Wildman–Crippen MR) is 90.3 cm³/mol. The molecule has 2 fully saturated rings. The molecule has 5 heteroatoms. The quantitative estimate of drug-likeness (QED) is 0.912. The first-order valence-corrected chi connectivity index (χ1v) is 8.72. The van der Waals surface area contributed by atoms with Crippen molar-refractivity contribution in [3.05, 3.63) is 33.8 Å². The van der Waals surface area contributed by atoms with Crippen LogP contribution in [0, 0.1) is 11.8 Å². The highest BCUT2D eigenvalue weighted by Gasteiger charge is 2.46. The number of carbonyl (C=O) groups is 1. The summed E-state index contributed by atoms with van der Waals surface area (Å²) in [6.07, 6.45) is 3.10. The third-order valence-corrected chi connectivity index (χ3v) is 5.73. The van der Waals surface area contributed by atoms with Crippen LogP contribution >= 0.6 is 23.2 Å². The lowest BCUT2D eigenvalue weighted by Gasteiger charge is -2.34. The minimum Gasteiger partial charge on any atom is -0.342 e. The third kappa shape index (κ3) is 3.27. The predicted octanol–water partition coefficient (Wildman–Crippen LogP) is 3.68. The molecule has 1 aliphatic carbocycles. The van der Waals surface area contributed by atoms with Crippen molar-refractivity contribution in [2.75, 3.05) is 13.1 Å². The van der Waals surface area contributed by atoms with Crippen LogP contribution in [0.25, 0.3) is 0 Å². The summed E-state index contributed by atoms with van der Waals surface area (Å²) in [4.78, 5) is 14.7. The Hall–Kier alpha value is -0.770. The van der Waals surface area contributed by atoms with Crippen molar-refractivity contribution in [3.8, 4) is 0 Å². The Bertz CT molecular complexity index is 576. The van der Waals surface area contributed by atoms with Crippen LogP contribution in [-0.4, -0.2) is 29.9 Å². The molecule has 2 N–H and O–H groups in total. The molecule has 4 atom stereocenters. The van der Waals surface area contributed by atoms with E-state index in [2.05, 4.69) is 0 Å². The Balaban J connectivity index is 1.63. The smallest absolute Gasteiger partial charge is 0.226 e. The highest BCUT2D eigenvalue weighted by Crippen LogP contribution is 2.49. The summed E-state index contributed by atoms with van der Waals surface area (Å²) in [5.74, 6) is 1.10. The van der Waals surface area contributed by atoms with E-state index in [1.807, 2.05) is 30.0 Å². The zero-order valence-corrected chi connectivity index (χ0v) is 14.3. The summed E-state index contributed by atoms with van der Waals surface area (Å²) < 4.78 is 0. The Kier molecular flexibility index (Phi) is 4.67. The van der Waals surface area contributed by atoms with E-state index < -0.39 is 0 Å². The number of amides is 1. The number of rotatable bonds is 3. The molecule has 120 valence electrons. The molecular formula is C17H22Cl2N2O. The van der Waals surface area contributed by atoms with Gasteiger partial charge in [-0.15, -0.1) is 0 Å². The van der Waals surface area contributed by atoms with Crippen molar-refractivity contribution in [2.24, 2.45) is 17.6 Å². The van der Waals surface area contributed by atoms with Gasteiger partial charge in [-0.2, -0.15) is 0 Å². The molecule has 1 aromatic carbocycles. The van der Waals surface area contributed by atoms with Gasteiger partial charge in [0.05, 0.1) is 10.0 Å². The molecule has 3 rings (SSSR count). The molecule has 22 heavy (non-hydrogen) atoms. The van der Waals surface area contributed by atoms with Gasteiger partial charge in [-0.3, -0.25) is 4.79 Å². The zero-order chi connectivity index (χ0) is 15.9. The minimum absolute atomic E-state index is 0.101. The molecule has 1 saturated heterocycles. The molecule has 1 saturated carbocycles. The molecule has 1 aliphatic heterocycles. The molecule has 0 unspecified atom stereocenters. The van der Waals surface area contributed by atoms with Crippen LogP contribution in [0.4, 0.5) is 0 Å². The van der Waals surface area contributed by atoms with Crippen molar-refractivity contribution in [3.63, 3.8) is 0 Å². The molecular weight excluding hydrogens is 319 g/mol. The van der Waals surface area contributed by atoms with Gasteiger partial charge in [-0.1, -0.05) is 29.3 Å². The summed E-state index contributed by atoms with van der Waals surface area (Å²) in [6.45, 7) is 3.71. The summed E-state index contributed by atoms with van der Waals surface area (Å²) in [5.41, 5.74) is 7.12. The minimum atomic E-state index is 0.101. The average Bonchev–Trinajstić information content (AvgIpc) is 3.30. The van der Waals surface area contributed by atoms with Crippen molar-refractivity contribution in [1.82, 2.24) is 4.90 Å². The van der Waals surface area contributed by atoms with Crippen LogP contribution in [0.15, 0.2) is 18.2 Å². The normalized spacial score (nSPS) is 29.3. The number of benzene rings is 1. The number of nitrogens with zero attached hydrogens (tertiary/aromatic N) is 1. The fourth-order valence-corrected chi connectivity index (χ4v) is 3.76. The Labute approximate surface area is 141 Å². The maximum absolute atomic E-state index is 12.7. The maximum Gasteiger partial charge on any atom is 0.226 e. The van der Waals surface area contributed by atoms with E-state index in [4.69, 9.17) is 28.9 Å². The number of piperidine rings is 1. The van der Waals surface area contributed by atoms with Crippen LogP contribution in [0.5, 0.6) is 0 Å². The van der Waals surface area contributed by atoms with E-state index in [0.717, 1.165) is 37.9 Å². The summed E-state index contributed by atoms with van der Waals surface area (Å²) in [5, 5.41) is 1.12. The second-order valence-electron chi connectivity index (χ2n) is 6.67. The first-order chi connectivity index (χ1) is 10.5. The van der Waals surface area contributed by atoms with Gasteiger partial charge in [0.1, 0.15) is 0 Å². The van der Waals surface area contributed by atoms with Crippen molar-refractivity contribution < 1.29 is 4.79 Å². The lowest BCUT2D eigenvalue weighted by Crippen LogP contribution is -2.45. The fraction of sp³-hybridized carbons (Fsp3) is 0.588. The zero-order valence-electron chi connectivity index (χ0n) is 12.8. The van der Waals surface area contributed by atoms with Crippen LogP contribution in [0.2, 0.25) is 10.0 Å². The van der Waals surface area contributed by atoms with Crippen LogP contribution < -0.4 is 5.73 Å². The van der Waals surface area contributed by atoms with Gasteiger partial charge < -0.3 is 10.6 Å². The molecule has 1 aromatic rings. The van der Waals surface area contributed by atoms with Gasteiger partial charge in [0.25, 0.3) is 0 Å². The Morgan fingerprint density at radius 2 is 2.14 bits per heavy atom. The molecule has 1 heterocycles. The lowest BCUT2D eigenvalue weighted by atomic mass is 9.92. The molecule has 0 bridgehead atoms. The Morgan fingerprint density at radius 3 is 2.82 bits per heavy atom. The number of nitrogens with two attached hydrogens (primary N) is 1. The summed E-state index contributed by atoms with van der Waals surface area (Å²) in [7, 11) is 0. The monoisotopic (exact) mass is 340 g/mol.